The Morgan fingerprint density at radius 1 is 1.35 bits per heavy atom. The molecule has 4 rings (SSSR count). The van der Waals surface area contributed by atoms with E-state index >= 15 is 0 Å². The third-order valence-electron chi connectivity index (χ3n) is 5.59. The van der Waals surface area contributed by atoms with Gasteiger partial charge in [-0.25, -0.2) is 4.39 Å². The van der Waals surface area contributed by atoms with Gasteiger partial charge in [-0.05, 0) is 62.5 Å². The number of carbonyl (C=O) groups excluding carboxylic acids is 1. The zero-order valence-corrected chi connectivity index (χ0v) is 17.4. The normalized spacial score (nSPS) is 16.3. The first-order valence-corrected chi connectivity index (χ1v) is 10.4. The van der Waals surface area contributed by atoms with Crippen molar-refractivity contribution in [3.05, 3.63) is 75.7 Å². The number of nitrogens with one attached hydrogen (secondary N) is 2. The molecule has 162 valence electrons. The summed E-state index contributed by atoms with van der Waals surface area (Å²) >= 11 is 0. The molecule has 2 N–H and O–H groups in total. The van der Waals surface area contributed by atoms with Gasteiger partial charge in [0.2, 0.25) is 0 Å². The van der Waals surface area contributed by atoms with E-state index < -0.39 is 11.7 Å². The average Bonchev–Trinajstić information content (AvgIpc) is 3.24. The Kier molecular flexibility index (Phi) is 6.27. The van der Waals surface area contributed by atoms with E-state index in [-0.39, 0.29) is 17.7 Å². The highest BCUT2D eigenvalue weighted by molar-refractivity contribution is 5.95. The lowest BCUT2D eigenvalue weighted by Crippen LogP contribution is -2.37. The van der Waals surface area contributed by atoms with Crippen LogP contribution in [-0.4, -0.2) is 28.7 Å². The second-order valence-corrected chi connectivity index (χ2v) is 7.88. The molecule has 1 aromatic carbocycles. The van der Waals surface area contributed by atoms with Crippen LogP contribution in [0.2, 0.25) is 0 Å². The summed E-state index contributed by atoms with van der Waals surface area (Å²) in [5.74, 6) is -0.132. The molecule has 7 nitrogen and oxygen atoms in total. The second-order valence-electron chi connectivity index (χ2n) is 7.88. The SMILES string of the molecule is Cc1ccn(CC2CCCNC2)c(=O)c1C(=O)NCc1cc(-c2ccccc2F)no1. The van der Waals surface area contributed by atoms with Gasteiger partial charge in [0, 0.05) is 24.4 Å². The largest absolute Gasteiger partial charge is 0.359 e. The van der Waals surface area contributed by atoms with Crippen LogP contribution in [0.4, 0.5) is 4.39 Å². The van der Waals surface area contributed by atoms with Gasteiger partial charge in [0.05, 0.1) is 6.54 Å². The van der Waals surface area contributed by atoms with Gasteiger partial charge >= 0.3 is 0 Å². The first-order valence-electron chi connectivity index (χ1n) is 10.4. The fourth-order valence-corrected chi connectivity index (χ4v) is 3.89. The lowest BCUT2D eigenvalue weighted by molar-refractivity contribution is 0.0944. The van der Waals surface area contributed by atoms with Crippen molar-refractivity contribution in [1.82, 2.24) is 20.4 Å². The summed E-state index contributed by atoms with van der Waals surface area (Å²) < 4.78 is 20.8. The summed E-state index contributed by atoms with van der Waals surface area (Å²) in [6.45, 7) is 4.25. The average molecular weight is 424 g/mol. The van der Waals surface area contributed by atoms with Crippen LogP contribution >= 0.6 is 0 Å². The summed E-state index contributed by atoms with van der Waals surface area (Å²) in [4.78, 5) is 25.7. The summed E-state index contributed by atoms with van der Waals surface area (Å²) in [5, 5.41) is 9.93. The van der Waals surface area contributed by atoms with Gasteiger partial charge in [0.25, 0.3) is 11.5 Å². The molecule has 0 saturated carbocycles. The minimum Gasteiger partial charge on any atom is -0.359 e. The van der Waals surface area contributed by atoms with Gasteiger partial charge < -0.3 is 19.7 Å². The summed E-state index contributed by atoms with van der Waals surface area (Å²) in [6.07, 6.45) is 3.90. The molecule has 1 fully saturated rings. The minimum absolute atomic E-state index is 0.0423. The van der Waals surface area contributed by atoms with Crippen molar-refractivity contribution >= 4 is 5.91 Å². The van der Waals surface area contributed by atoms with Crippen LogP contribution in [-0.2, 0) is 13.1 Å². The maximum Gasteiger partial charge on any atom is 0.263 e. The second kappa shape index (κ2) is 9.26. The molecule has 3 aromatic rings. The molecule has 0 radical (unpaired) electrons. The van der Waals surface area contributed by atoms with E-state index in [2.05, 4.69) is 15.8 Å². The van der Waals surface area contributed by atoms with Gasteiger partial charge in [0.15, 0.2) is 5.76 Å². The maximum atomic E-state index is 13.9. The van der Waals surface area contributed by atoms with Crippen molar-refractivity contribution in [2.75, 3.05) is 13.1 Å². The number of hydrogen-bond acceptors (Lipinski definition) is 5. The number of aromatic nitrogens is 2. The molecular weight excluding hydrogens is 399 g/mol. The van der Waals surface area contributed by atoms with Crippen LogP contribution in [0.5, 0.6) is 0 Å². The highest BCUT2D eigenvalue weighted by atomic mass is 19.1. The van der Waals surface area contributed by atoms with E-state index in [9.17, 15) is 14.0 Å². The van der Waals surface area contributed by atoms with E-state index in [4.69, 9.17) is 4.52 Å². The van der Waals surface area contributed by atoms with Crippen LogP contribution in [0.25, 0.3) is 11.3 Å². The van der Waals surface area contributed by atoms with Crippen molar-refractivity contribution in [3.8, 4) is 11.3 Å². The van der Waals surface area contributed by atoms with E-state index in [1.54, 1.807) is 48.0 Å². The fourth-order valence-electron chi connectivity index (χ4n) is 3.89. The number of carbonyl (C=O) groups is 1. The number of pyridine rings is 1. The van der Waals surface area contributed by atoms with Crippen LogP contribution in [0.3, 0.4) is 0 Å². The quantitative estimate of drug-likeness (QED) is 0.635. The van der Waals surface area contributed by atoms with Crippen LogP contribution < -0.4 is 16.2 Å². The van der Waals surface area contributed by atoms with E-state index in [1.165, 1.54) is 6.07 Å². The van der Waals surface area contributed by atoms with E-state index in [0.717, 1.165) is 25.9 Å². The molecule has 1 amide bonds. The Bertz CT molecular complexity index is 1130. The van der Waals surface area contributed by atoms with Gasteiger partial charge in [-0.3, -0.25) is 9.59 Å². The molecular formula is C23H25FN4O3. The number of nitrogens with zero attached hydrogens (tertiary/aromatic N) is 2. The molecule has 0 spiro atoms. The third-order valence-corrected chi connectivity index (χ3v) is 5.59. The number of aryl methyl sites for hydroxylation is 1. The van der Waals surface area contributed by atoms with Crippen LogP contribution in [0, 0.1) is 18.7 Å². The first kappa shape index (κ1) is 21.0. The Morgan fingerprint density at radius 3 is 2.97 bits per heavy atom. The summed E-state index contributed by atoms with van der Waals surface area (Å²) in [7, 11) is 0. The Labute approximate surface area is 179 Å². The number of piperidine rings is 1. The molecule has 1 saturated heterocycles. The topological polar surface area (TPSA) is 89.2 Å². The number of benzene rings is 1. The van der Waals surface area contributed by atoms with E-state index in [1.807, 2.05) is 0 Å². The van der Waals surface area contributed by atoms with E-state index in [0.29, 0.717) is 35.0 Å². The van der Waals surface area contributed by atoms with Crippen molar-refractivity contribution in [3.63, 3.8) is 0 Å². The molecule has 2 aromatic heterocycles. The monoisotopic (exact) mass is 424 g/mol. The fraction of sp³-hybridized carbons (Fsp3) is 0.348. The molecule has 1 aliphatic heterocycles. The molecule has 3 heterocycles. The Balaban J connectivity index is 1.46. The lowest BCUT2D eigenvalue weighted by atomic mass is 9.99. The van der Waals surface area contributed by atoms with Crippen molar-refractivity contribution in [2.24, 2.45) is 5.92 Å². The molecule has 8 heteroatoms. The molecule has 31 heavy (non-hydrogen) atoms. The first-order chi connectivity index (χ1) is 15.0. The van der Waals surface area contributed by atoms with Gasteiger partial charge in [-0.1, -0.05) is 17.3 Å². The molecule has 1 unspecified atom stereocenters. The summed E-state index contributed by atoms with van der Waals surface area (Å²) in [6, 6.07) is 9.62. The predicted molar refractivity (Wildman–Crippen MR) is 114 cm³/mol. The Hall–Kier alpha value is -3.26. The van der Waals surface area contributed by atoms with Crippen molar-refractivity contribution in [1.29, 1.82) is 0 Å². The predicted octanol–water partition coefficient (Wildman–Crippen LogP) is 2.88. The molecule has 0 aliphatic carbocycles. The van der Waals surface area contributed by atoms with Crippen molar-refractivity contribution < 1.29 is 13.7 Å². The standard InChI is InChI=1S/C23H25FN4O3/c1-15-8-10-28(14-16-5-4-9-25-12-16)23(30)21(15)22(29)26-13-17-11-20(27-31-17)18-6-2-3-7-19(18)24/h2-3,6-8,10-11,16,25H,4-5,9,12-14H2,1H3,(H,26,29). The number of halogens is 1. The van der Waals surface area contributed by atoms with Crippen LogP contribution in [0.1, 0.15) is 34.5 Å². The number of rotatable bonds is 6. The number of amides is 1. The van der Waals surface area contributed by atoms with Crippen LogP contribution in [0.15, 0.2) is 51.9 Å². The van der Waals surface area contributed by atoms with Gasteiger partial charge in [-0.2, -0.15) is 0 Å². The minimum atomic E-state index is -0.470. The highest BCUT2D eigenvalue weighted by Gasteiger charge is 2.19. The smallest absolute Gasteiger partial charge is 0.263 e. The lowest BCUT2D eigenvalue weighted by Gasteiger charge is -2.23. The zero-order valence-electron chi connectivity index (χ0n) is 17.4. The maximum absolute atomic E-state index is 13.9. The summed E-state index contributed by atoms with van der Waals surface area (Å²) in [5.41, 5.74) is 1.11. The van der Waals surface area contributed by atoms with Gasteiger partial charge in [0.1, 0.15) is 17.1 Å². The molecule has 1 aliphatic rings. The third kappa shape index (κ3) is 4.74. The van der Waals surface area contributed by atoms with Crippen molar-refractivity contribution in [2.45, 2.75) is 32.9 Å². The Morgan fingerprint density at radius 2 is 2.19 bits per heavy atom. The number of hydrogen-bond donors (Lipinski definition) is 2. The molecule has 0 bridgehead atoms. The van der Waals surface area contributed by atoms with Gasteiger partial charge in [-0.15, -0.1) is 0 Å². The molecule has 1 atom stereocenters. The highest BCUT2D eigenvalue weighted by Crippen LogP contribution is 2.22. The zero-order chi connectivity index (χ0) is 21.8.